The molecular formula is C8H12N4. The second-order valence-corrected chi connectivity index (χ2v) is 2.25. The molecule has 0 amide bonds. The van der Waals surface area contributed by atoms with Crippen molar-refractivity contribution in [3.63, 3.8) is 0 Å². The zero-order valence-corrected chi connectivity index (χ0v) is 7.20. The molecule has 1 heterocycles. The number of anilines is 1. The topological polar surface area (TPSA) is 63.8 Å². The van der Waals surface area contributed by atoms with E-state index in [1.165, 1.54) is 0 Å². The average Bonchev–Trinajstić information content (AvgIpc) is 2.16. The van der Waals surface area contributed by atoms with Crippen LogP contribution in [0.1, 0.15) is 13.8 Å². The minimum Gasteiger partial charge on any atom is -0.307 e. The molecule has 0 aromatic carbocycles. The third-order valence-electron chi connectivity index (χ3n) is 1.52. The standard InChI is InChI=1S/C8H12N4/c1-3-6-7(4-2)11-8(12-9)5-10-6/h3-5H,9H2,1-2H3,(H,11,12)/b6-3+,7-4+. The van der Waals surface area contributed by atoms with Crippen LogP contribution in [0.4, 0.5) is 5.82 Å². The molecule has 1 aromatic heterocycles. The van der Waals surface area contributed by atoms with Crippen molar-refractivity contribution in [3.8, 4) is 0 Å². The molecule has 0 saturated carbocycles. The molecule has 0 bridgehead atoms. The Balaban J connectivity index is 3.42. The van der Waals surface area contributed by atoms with Crippen LogP contribution >= 0.6 is 0 Å². The number of hydrogen-bond donors (Lipinski definition) is 2. The molecule has 12 heavy (non-hydrogen) atoms. The summed E-state index contributed by atoms with van der Waals surface area (Å²) in [6, 6.07) is 0. The van der Waals surface area contributed by atoms with Gasteiger partial charge in [0.15, 0.2) is 5.82 Å². The highest BCUT2D eigenvalue weighted by Crippen LogP contribution is 1.86. The number of rotatable bonds is 1. The van der Waals surface area contributed by atoms with Gasteiger partial charge in [0.05, 0.1) is 16.9 Å². The lowest BCUT2D eigenvalue weighted by Gasteiger charge is -1.96. The lowest BCUT2D eigenvalue weighted by Crippen LogP contribution is -2.32. The van der Waals surface area contributed by atoms with Crippen LogP contribution in [-0.4, -0.2) is 9.97 Å². The Morgan fingerprint density at radius 3 is 2.50 bits per heavy atom. The fraction of sp³-hybridized carbons (Fsp3) is 0.250. The summed E-state index contributed by atoms with van der Waals surface area (Å²) in [6.07, 6.45) is 5.40. The maximum Gasteiger partial charge on any atom is 0.159 e. The molecule has 0 spiro atoms. The summed E-state index contributed by atoms with van der Waals surface area (Å²) in [5.74, 6) is 5.77. The van der Waals surface area contributed by atoms with Gasteiger partial charge in [0.1, 0.15) is 0 Å². The van der Waals surface area contributed by atoms with Gasteiger partial charge in [-0.1, -0.05) is 12.2 Å². The van der Waals surface area contributed by atoms with Crippen LogP contribution in [0.2, 0.25) is 0 Å². The first kappa shape index (κ1) is 8.67. The molecule has 4 heteroatoms. The van der Waals surface area contributed by atoms with E-state index in [9.17, 15) is 0 Å². The van der Waals surface area contributed by atoms with Gasteiger partial charge in [-0.25, -0.2) is 10.8 Å². The Bertz CT molecular complexity index is 369. The first-order valence-corrected chi connectivity index (χ1v) is 3.74. The SMILES string of the molecule is C/C=c1/ncc(NN)n/c1=C/C. The van der Waals surface area contributed by atoms with Crippen molar-refractivity contribution in [2.24, 2.45) is 5.84 Å². The van der Waals surface area contributed by atoms with Crippen LogP contribution in [0.3, 0.4) is 0 Å². The molecule has 1 rings (SSSR count). The molecular weight excluding hydrogens is 152 g/mol. The predicted molar refractivity (Wildman–Crippen MR) is 49.4 cm³/mol. The summed E-state index contributed by atoms with van der Waals surface area (Å²) in [5, 5.41) is 1.71. The summed E-state index contributed by atoms with van der Waals surface area (Å²) in [6.45, 7) is 3.84. The number of aromatic nitrogens is 2. The summed E-state index contributed by atoms with van der Waals surface area (Å²) in [4.78, 5) is 8.34. The van der Waals surface area contributed by atoms with Crippen LogP contribution in [0.5, 0.6) is 0 Å². The Kier molecular flexibility index (Phi) is 2.76. The molecule has 1 aromatic rings. The normalized spacial score (nSPS) is 13.6. The highest BCUT2D eigenvalue weighted by Gasteiger charge is 1.90. The second kappa shape index (κ2) is 3.82. The highest BCUT2D eigenvalue weighted by atomic mass is 15.3. The maximum absolute atomic E-state index is 5.19. The number of nitrogens with zero attached hydrogens (tertiary/aromatic N) is 2. The third kappa shape index (κ3) is 1.60. The fourth-order valence-electron chi connectivity index (χ4n) is 0.917. The van der Waals surface area contributed by atoms with Crippen molar-refractivity contribution in [2.75, 3.05) is 5.43 Å². The van der Waals surface area contributed by atoms with Crippen molar-refractivity contribution in [3.05, 3.63) is 16.9 Å². The Morgan fingerprint density at radius 1 is 1.33 bits per heavy atom. The monoisotopic (exact) mass is 164 g/mol. The Labute approximate surface area is 70.8 Å². The van der Waals surface area contributed by atoms with Gasteiger partial charge in [-0.2, -0.15) is 0 Å². The van der Waals surface area contributed by atoms with Gasteiger partial charge in [0.2, 0.25) is 0 Å². The fourth-order valence-corrected chi connectivity index (χ4v) is 0.917. The van der Waals surface area contributed by atoms with E-state index in [0.717, 1.165) is 10.7 Å². The number of nitrogens with one attached hydrogen (secondary N) is 1. The van der Waals surface area contributed by atoms with Crippen molar-refractivity contribution in [1.29, 1.82) is 0 Å². The van der Waals surface area contributed by atoms with Crippen LogP contribution in [0.15, 0.2) is 6.20 Å². The van der Waals surface area contributed by atoms with Crippen LogP contribution in [0, 0.1) is 0 Å². The van der Waals surface area contributed by atoms with Crippen LogP contribution in [-0.2, 0) is 0 Å². The average molecular weight is 164 g/mol. The lowest BCUT2D eigenvalue weighted by atomic mass is 10.4. The number of hydrogen-bond acceptors (Lipinski definition) is 4. The minimum absolute atomic E-state index is 0.578. The molecule has 0 saturated heterocycles. The van der Waals surface area contributed by atoms with Gasteiger partial charge in [-0.3, -0.25) is 4.98 Å². The van der Waals surface area contributed by atoms with Crippen molar-refractivity contribution in [1.82, 2.24) is 9.97 Å². The predicted octanol–water partition coefficient (Wildman–Crippen LogP) is -0.637. The van der Waals surface area contributed by atoms with E-state index in [1.54, 1.807) is 6.20 Å². The van der Waals surface area contributed by atoms with E-state index in [1.807, 2.05) is 26.0 Å². The second-order valence-electron chi connectivity index (χ2n) is 2.25. The summed E-state index contributed by atoms with van der Waals surface area (Å²) >= 11 is 0. The largest absolute Gasteiger partial charge is 0.307 e. The molecule has 0 fully saturated rings. The third-order valence-corrected chi connectivity index (χ3v) is 1.52. The molecule has 0 unspecified atom stereocenters. The summed E-state index contributed by atoms with van der Waals surface area (Å²) in [5.41, 5.74) is 2.45. The van der Waals surface area contributed by atoms with E-state index in [-0.39, 0.29) is 0 Å². The smallest absolute Gasteiger partial charge is 0.159 e. The van der Waals surface area contributed by atoms with Crippen molar-refractivity contribution < 1.29 is 0 Å². The van der Waals surface area contributed by atoms with Crippen LogP contribution < -0.4 is 22.0 Å². The van der Waals surface area contributed by atoms with Gasteiger partial charge < -0.3 is 5.43 Å². The summed E-state index contributed by atoms with van der Waals surface area (Å²) in [7, 11) is 0. The Hall–Kier alpha value is -1.42. The van der Waals surface area contributed by atoms with Gasteiger partial charge in [0.25, 0.3) is 0 Å². The van der Waals surface area contributed by atoms with Gasteiger partial charge >= 0.3 is 0 Å². The van der Waals surface area contributed by atoms with Gasteiger partial charge in [-0.15, -0.1) is 0 Å². The molecule has 4 nitrogen and oxygen atoms in total. The summed E-state index contributed by atoms with van der Waals surface area (Å²) < 4.78 is 0. The quantitative estimate of drug-likeness (QED) is 0.428. The maximum atomic E-state index is 5.19. The Morgan fingerprint density at radius 2 is 2.00 bits per heavy atom. The van der Waals surface area contributed by atoms with Crippen molar-refractivity contribution >= 4 is 18.0 Å². The van der Waals surface area contributed by atoms with E-state index < -0.39 is 0 Å². The number of nitrogens with two attached hydrogens (primary N) is 1. The molecule has 0 aliphatic carbocycles. The number of hydrazine groups is 1. The van der Waals surface area contributed by atoms with Gasteiger partial charge in [0, 0.05) is 0 Å². The first-order chi connectivity index (χ1) is 5.81. The van der Waals surface area contributed by atoms with E-state index in [2.05, 4.69) is 15.4 Å². The highest BCUT2D eigenvalue weighted by molar-refractivity contribution is 5.32. The minimum atomic E-state index is 0.578. The molecule has 64 valence electrons. The zero-order valence-electron chi connectivity index (χ0n) is 7.20. The molecule has 0 atom stereocenters. The van der Waals surface area contributed by atoms with Crippen LogP contribution in [0.25, 0.3) is 12.2 Å². The molecule has 0 radical (unpaired) electrons. The van der Waals surface area contributed by atoms with E-state index in [0.29, 0.717) is 5.82 Å². The zero-order chi connectivity index (χ0) is 8.97. The molecule has 0 aliphatic heterocycles. The molecule has 3 N–H and O–H groups in total. The first-order valence-electron chi connectivity index (χ1n) is 3.74. The van der Waals surface area contributed by atoms with E-state index in [4.69, 9.17) is 5.84 Å². The lowest BCUT2D eigenvalue weighted by molar-refractivity contribution is 1.07. The molecule has 0 aliphatic rings. The van der Waals surface area contributed by atoms with Crippen molar-refractivity contribution in [2.45, 2.75) is 13.8 Å². The van der Waals surface area contributed by atoms with E-state index >= 15 is 0 Å². The number of nitrogen functional groups attached to an aromatic ring is 1. The van der Waals surface area contributed by atoms with Gasteiger partial charge in [-0.05, 0) is 13.8 Å².